The Labute approximate surface area is 166 Å². The molecule has 0 aromatic heterocycles. The summed E-state index contributed by atoms with van der Waals surface area (Å²) in [5.74, 6) is 0.261. The number of carbonyl (C=O) groups excluding carboxylic acids is 2. The predicted octanol–water partition coefficient (Wildman–Crippen LogP) is 4.02. The lowest BCUT2D eigenvalue weighted by molar-refractivity contribution is -0.128. The van der Waals surface area contributed by atoms with E-state index in [1.165, 1.54) is 0 Å². The molecule has 1 aliphatic rings. The fraction of sp³-hybridized carbons (Fsp3) is 0.391. The van der Waals surface area contributed by atoms with Gasteiger partial charge in [-0.1, -0.05) is 43.7 Å². The van der Waals surface area contributed by atoms with Crippen LogP contribution in [0.1, 0.15) is 48.2 Å². The maximum atomic E-state index is 13.4. The molecule has 0 fully saturated rings. The van der Waals surface area contributed by atoms with E-state index in [-0.39, 0.29) is 24.4 Å². The largest absolute Gasteiger partial charge is 0.477 e. The average Bonchev–Trinajstić information content (AvgIpc) is 2.72. The molecule has 148 valence electrons. The van der Waals surface area contributed by atoms with Crippen LogP contribution in [0.3, 0.4) is 0 Å². The van der Waals surface area contributed by atoms with Crippen LogP contribution in [-0.4, -0.2) is 30.5 Å². The molecule has 0 bridgehead atoms. The Kier molecular flexibility index (Phi) is 6.02. The predicted molar refractivity (Wildman–Crippen MR) is 111 cm³/mol. The van der Waals surface area contributed by atoms with E-state index in [0.29, 0.717) is 17.0 Å². The summed E-state index contributed by atoms with van der Waals surface area (Å²) in [6.07, 6.45) is 0.984. The van der Waals surface area contributed by atoms with E-state index in [2.05, 4.69) is 5.32 Å². The Balaban J connectivity index is 1.92. The van der Waals surface area contributed by atoms with Crippen LogP contribution in [-0.2, 0) is 4.79 Å². The second kappa shape index (κ2) is 8.46. The number of ether oxygens (including phenoxy) is 1. The molecule has 1 unspecified atom stereocenters. The number of hydrogen-bond acceptors (Lipinski definition) is 3. The summed E-state index contributed by atoms with van der Waals surface area (Å²) >= 11 is 0. The van der Waals surface area contributed by atoms with E-state index < -0.39 is 6.10 Å². The van der Waals surface area contributed by atoms with Gasteiger partial charge in [0.15, 0.2) is 6.10 Å². The van der Waals surface area contributed by atoms with Gasteiger partial charge in [0.05, 0.1) is 12.2 Å². The van der Waals surface area contributed by atoms with Gasteiger partial charge in [-0.05, 0) is 50.5 Å². The molecule has 2 amide bonds. The molecule has 0 radical (unpaired) electrons. The van der Waals surface area contributed by atoms with Gasteiger partial charge in [-0.3, -0.25) is 9.59 Å². The van der Waals surface area contributed by atoms with Crippen LogP contribution in [0.15, 0.2) is 42.5 Å². The SMILES string of the molecule is CCC(CC)NC(=O)C1CN(C(=O)c2cc(C)ccc2C)c2ccccc2O1. The quantitative estimate of drug-likeness (QED) is 0.852. The Morgan fingerprint density at radius 3 is 2.57 bits per heavy atom. The van der Waals surface area contributed by atoms with Gasteiger partial charge < -0.3 is 15.0 Å². The van der Waals surface area contributed by atoms with Crippen molar-refractivity contribution in [1.82, 2.24) is 5.32 Å². The minimum Gasteiger partial charge on any atom is -0.477 e. The van der Waals surface area contributed by atoms with Gasteiger partial charge in [0, 0.05) is 11.6 Å². The molecule has 2 aromatic carbocycles. The number of nitrogens with one attached hydrogen (secondary N) is 1. The second-order valence-electron chi connectivity index (χ2n) is 7.33. The molecule has 0 saturated carbocycles. The van der Waals surface area contributed by atoms with Gasteiger partial charge in [0.2, 0.25) is 0 Å². The summed E-state index contributed by atoms with van der Waals surface area (Å²) < 4.78 is 5.95. The maximum Gasteiger partial charge on any atom is 0.263 e. The smallest absolute Gasteiger partial charge is 0.263 e. The zero-order valence-corrected chi connectivity index (χ0v) is 17.0. The Morgan fingerprint density at radius 1 is 1.14 bits per heavy atom. The summed E-state index contributed by atoms with van der Waals surface area (Å²) in [6, 6.07) is 13.3. The van der Waals surface area contributed by atoms with Crippen LogP contribution >= 0.6 is 0 Å². The molecule has 0 saturated heterocycles. The molecule has 1 heterocycles. The highest BCUT2D eigenvalue weighted by Gasteiger charge is 2.35. The second-order valence-corrected chi connectivity index (χ2v) is 7.33. The van der Waals surface area contributed by atoms with Crippen LogP contribution in [0.5, 0.6) is 5.75 Å². The normalized spacial score (nSPS) is 15.8. The van der Waals surface area contributed by atoms with E-state index in [9.17, 15) is 9.59 Å². The van der Waals surface area contributed by atoms with Crippen LogP contribution in [0, 0.1) is 13.8 Å². The summed E-state index contributed by atoms with van der Waals surface area (Å²) in [4.78, 5) is 27.8. The van der Waals surface area contributed by atoms with Crippen LogP contribution in [0.4, 0.5) is 5.69 Å². The number of benzene rings is 2. The Morgan fingerprint density at radius 2 is 1.86 bits per heavy atom. The fourth-order valence-electron chi connectivity index (χ4n) is 3.46. The van der Waals surface area contributed by atoms with Crippen molar-refractivity contribution in [2.75, 3.05) is 11.4 Å². The molecule has 0 spiro atoms. The van der Waals surface area contributed by atoms with E-state index in [4.69, 9.17) is 4.74 Å². The molecule has 5 heteroatoms. The van der Waals surface area contributed by atoms with Crippen molar-refractivity contribution in [1.29, 1.82) is 0 Å². The zero-order valence-electron chi connectivity index (χ0n) is 17.0. The zero-order chi connectivity index (χ0) is 20.3. The first-order valence-corrected chi connectivity index (χ1v) is 9.89. The molecular weight excluding hydrogens is 352 g/mol. The maximum absolute atomic E-state index is 13.4. The lowest BCUT2D eigenvalue weighted by Crippen LogP contribution is -2.52. The van der Waals surface area contributed by atoms with Gasteiger partial charge in [-0.2, -0.15) is 0 Å². The number of aryl methyl sites for hydroxylation is 2. The molecular formula is C23H28N2O3. The van der Waals surface area contributed by atoms with Gasteiger partial charge in [-0.15, -0.1) is 0 Å². The number of rotatable bonds is 5. The summed E-state index contributed by atoms with van der Waals surface area (Å²) in [7, 11) is 0. The minimum atomic E-state index is -0.732. The van der Waals surface area contributed by atoms with Gasteiger partial charge in [0.25, 0.3) is 11.8 Å². The van der Waals surface area contributed by atoms with Crippen molar-refractivity contribution in [2.24, 2.45) is 0 Å². The topological polar surface area (TPSA) is 58.6 Å². The number of amides is 2. The molecule has 2 aromatic rings. The highest BCUT2D eigenvalue weighted by atomic mass is 16.5. The number of fused-ring (bicyclic) bond motifs is 1. The van der Waals surface area contributed by atoms with Crippen molar-refractivity contribution < 1.29 is 14.3 Å². The number of para-hydroxylation sites is 2. The van der Waals surface area contributed by atoms with Gasteiger partial charge >= 0.3 is 0 Å². The van der Waals surface area contributed by atoms with E-state index in [1.54, 1.807) is 11.0 Å². The van der Waals surface area contributed by atoms with Gasteiger partial charge in [0.1, 0.15) is 5.75 Å². The fourth-order valence-corrected chi connectivity index (χ4v) is 3.46. The third-order valence-electron chi connectivity index (χ3n) is 5.27. The van der Waals surface area contributed by atoms with Crippen molar-refractivity contribution >= 4 is 17.5 Å². The summed E-state index contributed by atoms with van der Waals surface area (Å²) in [5, 5.41) is 3.03. The number of hydrogen-bond donors (Lipinski definition) is 1. The number of nitrogens with zero attached hydrogens (tertiary/aromatic N) is 1. The third-order valence-corrected chi connectivity index (χ3v) is 5.27. The van der Waals surface area contributed by atoms with Crippen molar-refractivity contribution in [3.8, 4) is 5.75 Å². The third kappa shape index (κ3) is 4.03. The summed E-state index contributed by atoms with van der Waals surface area (Å²) in [5.41, 5.74) is 3.28. The molecule has 1 atom stereocenters. The Bertz CT molecular complexity index is 874. The van der Waals surface area contributed by atoms with Crippen LogP contribution in [0.25, 0.3) is 0 Å². The van der Waals surface area contributed by atoms with Gasteiger partial charge in [-0.25, -0.2) is 0 Å². The highest BCUT2D eigenvalue weighted by Crippen LogP contribution is 2.34. The molecule has 3 rings (SSSR count). The summed E-state index contributed by atoms with van der Waals surface area (Å²) in [6.45, 7) is 8.17. The van der Waals surface area contributed by atoms with E-state index in [1.807, 2.05) is 64.1 Å². The molecule has 0 aliphatic carbocycles. The van der Waals surface area contributed by atoms with Crippen molar-refractivity contribution in [2.45, 2.75) is 52.7 Å². The lowest BCUT2D eigenvalue weighted by atomic mass is 10.0. The average molecular weight is 380 g/mol. The molecule has 1 aliphatic heterocycles. The number of carbonyl (C=O) groups is 2. The monoisotopic (exact) mass is 380 g/mol. The molecule has 28 heavy (non-hydrogen) atoms. The number of anilines is 1. The van der Waals surface area contributed by atoms with Crippen LogP contribution in [0.2, 0.25) is 0 Å². The first-order chi connectivity index (χ1) is 13.4. The molecule has 5 nitrogen and oxygen atoms in total. The minimum absolute atomic E-state index is 0.108. The van der Waals surface area contributed by atoms with E-state index in [0.717, 1.165) is 24.0 Å². The van der Waals surface area contributed by atoms with Crippen molar-refractivity contribution in [3.63, 3.8) is 0 Å². The lowest BCUT2D eigenvalue weighted by Gasteiger charge is -2.35. The highest BCUT2D eigenvalue weighted by molar-refractivity contribution is 6.08. The first-order valence-electron chi connectivity index (χ1n) is 9.89. The Hall–Kier alpha value is -2.82. The standard InChI is InChI=1S/C23H28N2O3/c1-5-17(6-2)24-22(26)21-14-25(19-9-7-8-10-20(19)28-21)23(27)18-13-15(3)11-12-16(18)4/h7-13,17,21H,5-6,14H2,1-4H3,(H,24,26). The first kappa shape index (κ1) is 19.9. The molecule has 1 N–H and O–H groups in total. The van der Waals surface area contributed by atoms with Crippen molar-refractivity contribution in [3.05, 3.63) is 59.2 Å². The van der Waals surface area contributed by atoms with Crippen LogP contribution < -0.4 is 15.0 Å². The van der Waals surface area contributed by atoms with E-state index >= 15 is 0 Å².